The van der Waals surface area contributed by atoms with Crippen LogP contribution in [0.5, 0.6) is 0 Å². The number of likely N-dealkylation sites (N-methyl/N-ethyl adjacent to an activating group) is 1. The number of aromatic nitrogens is 2. The Kier molecular flexibility index (Phi) is 5.29. The summed E-state index contributed by atoms with van der Waals surface area (Å²) >= 11 is 5.47. The molecule has 19 heavy (non-hydrogen) atoms. The zero-order chi connectivity index (χ0) is 14.6. The second kappa shape index (κ2) is 6.32. The number of carbonyl (C=O) groups excluding carboxylic acids is 1. The molecule has 0 bridgehead atoms. The Balaban J connectivity index is 3.01. The molecule has 1 amide bonds. The Morgan fingerprint density at radius 3 is 2.63 bits per heavy atom. The maximum atomic E-state index is 12.2. The number of thiocarbonyl (C=S) groups is 1. The normalized spacial score (nSPS) is 11.5. The van der Waals surface area contributed by atoms with Gasteiger partial charge < -0.3 is 11.1 Å². The van der Waals surface area contributed by atoms with Gasteiger partial charge in [-0.1, -0.05) is 30.5 Å². The molecule has 0 spiro atoms. The minimum Gasteiger partial charge on any atom is -0.392 e. The van der Waals surface area contributed by atoms with E-state index in [4.69, 9.17) is 18.0 Å². The van der Waals surface area contributed by atoms with Gasteiger partial charge in [0.15, 0.2) is 0 Å². The Bertz CT molecular complexity index is 582. The van der Waals surface area contributed by atoms with Gasteiger partial charge in [-0.15, -0.1) is 10.2 Å². The van der Waals surface area contributed by atoms with Crippen molar-refractivity contribution in [1.29, 1.82) is 0 Å². The Hall–Kier alpha value is -1.17. The molecule has 8 nitrogen and oxygen atoms in total. The van der Waals surface area contributed by atoms with Crippen molar-refractivity contribution in [3.63, 3.8) is 0 Å². The van der Waals surface area contributed by atoms with Gasteiger partial charge in [0.05, 0.1) is 11.5 Å². The number of nitrogens with two attached hydrogens (primary N) is 1. The van der Waals surface area contributed by atoms with Crippen LogP contribution in [0.2, 0.25) is 0 Å². The Morgan fingerprint density at radius 1 is 1.53 bits per heavy atom. The van der Waals surface area contributed by atoms with Gasteiger partial charge in [-0.2, -0.15) is 4.31 Å². The molecule has 106 valence electrons. The van der Waals surface area contributed by atoms with Crippen LogP contribution < -0.4 is 11.1 Å². The summed E-state index contributed by atoms with van der Waals surface area (Å²) in [7, 11) is -3.80. The first-order chi connectivity index (χ1) is 8.77. The molecule has 0 saturated carbocycles. The Labute approximate surface area is 120 Å². The van der Waals surface area contributed by atoms with Crippen molar-refractivity contribution in [3.05, 3.63) is 0 Å². The second-order valence-electron chi connectivity index (χ2n) is 3.45. The minimum atomic E-state index is -3.80. The van der Waals surface area contributed by atoms with Crippen molar-refractivity contribution in [3.8, 4) is 0 Å². The molecule has 0 fully saturated rings. The number of nitrogens with zero attached hydrogens (tertiary/aromatic N) is 3. The number of anilines is 1. The van der Waals surface area contributed by atoms with Gasteiger partial charge in [0.2, 0.25) is 15.4 Å². The van der Waals surface area contributed by atoms with Crippen LogP contribution in [0, 0.1) is 0 Å². The summed E-state index contributed by atoms with van der Waals surface area (Å²) in [6, 6.07) is 0. The van der Waals surface area contributed by atoms with Gasteiger partial charge in [-0.3, -0.25) is 4.79 Å². The number of nitrogens with one attached hydrogen (secondary N) is 1. The summed E-state index contributed by atoms with van der Waals surface area (Å²) in [6.07, 6.45) is 0. The Morgan fingerprint density at radius 2 is 2.16 bits per heavy atom. The van der Waals surface area contributed by atoms with E-state index in [1.165, 1.54) is 6.92 Å². The van der Waals surface area contributed by atoms with Crippen LogP contribution in [0.1, 0.15) is 13.8 Å². The van der Waals surface area contributed by atoms with Gasteiger partial charge in [-0.05, 0) is 0 Å². The summed E-state index contributed by atoms with van der Waals surface area (Å²) in [5.74, 6) is -0.351. The molecule has 1 aromatic heterocycles. The van der Waals surface area contributed by atoms with E-state index < -0.39 is 10.0 Å². The lowest BCUT2D eigenvalue weighted by Crippen LogP contribution is -2.37. The highest BCUT2D eigenvalue weighted by atomic mass is 32.2. The predicted molar refractivity (Wildman–Crippen MR) is 75.4 cm³/mol. The predicted octanol–water partition coefficient (Wildman–Crippen LogP) is -0.207. The summed E-state index contributed by atoms with van der Waals surface area (Å²) in [5, 5.41) is 9.63. The van der Waals surface area contributed by atoms with E-state index in [0.29, 0.717) is 0 Å². The van der Waals surface area contributed by atoms with E-state index in [-0.39, 0.29) is 33.5 Å². The van der Waals surface area contributed by atoms with Gasteiger partial charge in [-0.25, -0.2) is 8.42 Å². The lowest BCUT2D eigenvalue weighted by molar-refractivity contribution is -0.114. The topological polar surface area (TPSA) is 118 Å². The molecule has 3 N–H and O–H groups in total. The average molecular weight is 323 g/mol. The van der Waals surface area contributed by atoms with Crippen molar-refractivity contribution >= 4 is 49.6 Å². The molecule has 0 atom stereocenters. The molecule has 0 aliphatic rings. The largest absolute Gasteiger partial charge is 0.392 e. The third kappa shape index (κ3) is 4.16. The number of amides is 1. The first-order valence-corrected chi connectivity index (χ1v) is 7.83. The summed E-state index contributed by atoms with van der Waals surface area (Å²) < 4.78 is 25.3. The van der Waals surface area contributed by atoms with Crippen molar-refractivity contribution in [2.75, 3.05) is 18.4 Å². The average Bonchev–Trinajstić information content (AvgIpc) is 2.73. The SMILES string of the molecule is CCN(CC(N)=S)S(=O)(=O)c1nnc(NC(C)=O)s1. The zero-order valence-corrected chi connectivity index (χ0v) is 12.7. The van der Waals surface area contributed by atoms with E-state index in [9.17, 15) is 13.2 Å². The highest BCUT2D eigenvalue weighted by molar-refractivity contribution is 7.91. The van der Waals surface area contributed by atoms with Crippen molar-refractivity contribution in [2.24, 2.45) is 5.73 Å². The first kappa shape index (κ1) is 15.9. The van der Waals surface area contributed by atoms with Crippen molar-refractivity contribution in [2.45, 2.75) is 18.2 Å². The second-order valence-corrected chi connectivity index (χ2v) is 7.07. The fourth-order valence-corrected chi connectivity index (χ4v) is 3.92. The number of carbonyl (C=O) groups is 1. The lowest BCUT2D eigenvalue weighted by Gasteiger charge is -2.17. The molecule has 0 aliphatic carbocycles. The molecule has 0 unspecified atom stereocenters. The number of rotatable bonds is 6. The lowest BCUT2D eigenvalue weighted by atomic mass is 10.6. The van der Waals surface area contributed by atoms with E-state index >= 15 is 0 Å². The highest BCUT2D eigenvalue weighted by Crippen LogP contribution is 2.22. The molecule has 0 saturated heterocycles. The summed E-state index contributed by atoms with van der Waals surface area (Å²) in [6.45, 7) is 3.09. The van der Waals surface area contributed by atoms with E-state index in [0.717, 1.165) is 15.6 Å². The maximum absolute atomic E-state index is 12.2. The fourth-order valence-electron chi connectivity index (χ4n) is 1.17. The standard InChI is InChI=1S/C8H13N5O3S3/c1-3-13(4-6(9)17)19(15,16)8-12-11-7(18-8)10-5(2)14/h3-4H2,1-2H3,(H2,9,17)(H,10,11,14). The molecule has 1 rings (SSSR count). The molecule has 0 radical (unpaired) electrons. The van der Waals surface area contributed by atoms with Gasteiger partial charge in [0.25, 0.3) is 10.0 Å². The monoisotopic (exact) mass is 323 g/mol. The van der Waals surface area contributed by atoms with E-state index in [2.05, 4.69) is 15.5 Å². The molecule has 11 heteroatoms. The smallest absolute Gasteiger partial charge is 0.272 e. The van der Waals surface area contributed by atoms with E-state index in [1.54, 1.807) is 6.92 Å². The van der Waals surface area contributed by atoms with Crippen LogP contribution in [0.25, 0.3) is 0 Å². The quantitative estimate of drug-likeness (QED) is 0.549. The van der Waals surface area contributed by atoms with E-state index in [1.807, 2.05) is 0 Å². The van der Waals surface area contributed by atoms with Crippen LogP contribution in [0.15, 0.2) is 4.34 Å². The van der Waals surface area contributed by atoms with Gasteiger partial charge >= 0.3 is 0 Å². The molecular formula is C8H13N5O3S3. The summed E-state index contributed by atoms with van der Waals surface area (Å²) in [4.78, 5) is 10.9. The first-order valence-electron chi connectivity index (χ1n) is 5.17. The summed E-state index contributed by atoms with van der Waals surface area (Å²) in [5.41, 5.74) is 5.35. The number of hydrogen-bond donors (Lipinski definition) is 2. The molecule has 1 aromatic rings. The van der Waals surface area contributed by atoms with Crippen LogP contribution in [0.4, 0.5) is 5.13 Å². The molecule has 0 aliphatic heterocycles. The number of sulfonamides is 1. The van der Waals surface area contributed by atoms with Crippen LogP contribution in [-0.2, 0) is 14.8 Å². The van der Waals surface area contributed by atoms with Gasteiger partial charge in [0.1, 0.15) is 0 Å². The highest BCUT2D eigenvalue weighted by Gasteiger charge is 2.28. The number of hydrogen-bond acceptors (Lipinski definition) is 7. The maximum Gasteiger partial charge on any atom is 0.272 e. The molecule has 1 heterocycles. The zero-order valence-electron chi connectivity index (χ0n) is 10.3. The van der Waals surface area contributed by atoms with Crippen molar-refractivity contribution in [1.82, 2.24) is 14.5 Å². The fraction of sp³-hybridized carbons (Fsp3) is 0.500. The van der Waals surface area contributed by atoms with Crippen LogP contribution in [-0.4, -0.2) is 46.9 Å². The molecular weight excluding hydrogens is 310 g/mol. The van der Waals surface area contributed by atoms with Crippen LogP contribution >= 0.6 is 23.6 Å². The van der Waals surface area contributed by atoms with Gasteiger partial charge in [0, 0.05) is 13.5 Å². The minimum absolute atomic E-state index is 0.0663. The third-order valence-corrected chi connectivity index (χ3v) is 5.17. The van der Waals surface area contributed by atoms with Crippen LogP contribution in [0.3, 0.4) is 0 Å². The van der Waals surface area contributed by atoms with Crippen molar-refractivity contribution < 1.29 is 13.2 Å². The molecule has 0 aromatic carbocycles. The third-order valence-electron chi connectivity index (χ3n) is 1.93.